The van der Waals surface area contributed by atoms with Crippen LogP contribution in [-0.4, -0.2) is 62.1 Å². The van der Waals surface area contributed by atoms with Gasteiger partial charge in [0.15, 0.2) is 0 Å². The predicted octanol–water partition coefficient (Wildman–Crippen LogP) is 2.19. The summed E-state index contributed by atoms with van der Waals surface area (Å²) < 4.78 is 14.3. The molecule has 2 fully saturated rings. The van der Waals surface area contributed by atoms with Gasteiger partial charge in [0.25, 0.3) is 0 Å². The van der Waals surface area contributed by atoms with E-state index in [1.807, 2.05) is 6.20 Å². The van der Waals surface area contributed by atoms with Crippen LogP contribution in [0.1, 0.15) is 58.8 Å². The molecule has 0 radical (unpaired) electrons. The van der Waals surface area contributed by atoms with Gasteiger partial charge in [-0.15, -0.1) is 0 Å². The molecule has 3 aliphatic heterocycles. The Bertz CT molecular complexity index is 868. The van der Waals surface area contributed by atoms with Gasteiger partial charge in [-0.2, -0.15) is 0 Å². The summed E-state index contributed by atoms with van der Waals surface area (Å²) in [6.45, 7) is 7.02. The molecule has 9 heteroatoms. The zero-order chi connectivity index (χ0) is 25.9. The molecule has 1 saturated carbocycles. The van der Waals surface area contributed by atoms with E-state index in [1.165, 1.54) is 31.9 Å². The highest BCUT2D eigenvalue weighted by molar-refractivity contribution is 5.83. The summed E-state index contributed by atoms with van der Waals surface area (Å²) in [5.74, 6) is -0.151. The van der Waals surface area contributed by atoms with Gasteiger partial charge in [0, 0.05) is 37.4 Å². The molecule has 0 spiro atoms. The molecule has 4 rings (SSSR count). The molecule has 0 aromatic rings. The third-order valence-electron chi connectivity index (χ3n) is 9.20. The zero-order valence-corrected chi connectivity index (χ0v) is 22.2. The first-order valence-corrected chi connectivity index (χ1v) is 13.8. The van der Waals surface area contributed by atoms with Crippen molar-refractivity contribution in [2.45, 2.75) is 77.2 Å². The second-order valence-electron chi connectivity index (χ2n) is 11.7. The third-order valence-corrected chi connectivity index (χ3v) is 9.20. The summed E-state index contributed by atoms with van der Waals surface area (Å²) in [6.07, 6.45) is 11.1. The van der Waals surface area contributed by atoms with E-state index in [2.05, 4.69) is 46.7 Å². The van der Waals surface area contributed by atoms with Crippen molar-refractivity contribution in [1.29, 1.82) is 0 Å². The van der Waals surface area contributed by atoms with E-state index in [4.69, 9.17) is 11.5 Å². The Labute approximate surface area is 215 Å². The van der Waals surface area contributed by atoms with Crippen molar-refractivity contribution in [2.75, 3.05) is 26.7 Å². The lowest BCUT2D eigenvalue weighted by Crippen LogP contribution is -2.56. The van der Waals surface area contributed by atoms with E-state index in [1.54, 1.807) is 6.08 Å². The maximum absolute atomic E-state index is 14.3. The Kier molecular flexibility index (Phi) is 8.86. The van der Waals surface area contributed by atoms with Gasteiger partial charge in [-0.1, -0.05) is 46.0 Å². The second kappa shape index (κ2) is 11.7. The summed E-state index contributed by atoms with van der Waals surface area (Å²) in [7, 11) is 2.15. The minimum atomic E-state index is -0.909. The van der Waals surface area contributed by atoms with Crippen molar-refractivity contribution in [3.63, 3.8) is 0 Å². The zero-order valence-electron chi connectivity index (χ0n) is 22.2. The number of halogens is 1. The van der Waals surface area contributed by atoms with Gasteiger partial charge in [0.1, 0.15) is 5.83 Å². The maximum Gasteiger partial charge on any atom is 0.232 e. The Morgan fingerprint density at radius 1 is 1.36 bits per heavy atom. The van der Waals surface area contributed by atoms with Crippen LogP contribution in [0.15, 0.2) is 28.8 Å². The molecule has 0 bridgehead atoms. The normalized spacial score (nSPS) is 36.5. The van der Waals surface area contributed by atoms with Crippen LogP contribution in [0.4, 0.5) is 4.39 Å². The molecule has 202 valence electrons. The number of hydrogen-bond acceptors (Lipinski definition) is 7. The summed E-state index contributed by atoms with van der Waals surface area (Å²) in [4.78, 5) is 20.7. The standard InChI is InChI=1S/C27H46FN7O/c1-4-27(2)10-9-18(28)14-33-20(13-27)23(24(29)30)26(36)34-21-16-31-15-19(17-7-5-6-8-17)22(21)25-32-11-12-35(25)3/h9,14,16-17,19-20,22-25,31-32H,4-8,10-13,15,29-30H2,1-3H3,(H,34,36)/b18-9+,33-14?/t19?,20?,22?,23-,25?,27?/m0/s1. The average molecular weight is 504 g/mol. The fraction of sp³-hybridized carbons (Fsp3) is 0.778. The lowest BCUT2D eigenvalue weighted by molar-refractivity contribution is -0.126. The minimum absolute atomic E-state index is 0.155. The van der Waals surface area contributed by atoms with Gasteiger partial charge in [-0.05, 0) is 43.2 Å². The van der Waals surface area contributed by atoms with E-state index >= 15 is 0 Å². The number of carbonyl (C=O) groups is 1. The molecular weight excluding hydrogens is 457 g/mol. The van der Waals surface area contributed by atoms with Crippen LogP contribution in [0.5, 0.6) is 0 Å². The first-order chi connectivity index (χ1) is 17.2. The van der Waals surface area contributed by atoms with Gasteiger partial charge in [0.2, 0.25) is 5.91 Å². The van der Waals surface area contributed by atoms with Crippen LogP contribution in [0.3, 0.4) is 0 Å². The van der Waals surface area contributed by atoms with Crippen molar-refractivity contribution in [3.8, 4) is 0 Å². The molecule has 1 aliphatic carbocycles. The molecule has 5 unspecified atom stereocenters. The van der Waals surface area contributed by atoms with Gasteiger partial charge < -0.3 is 22.1 Å². The number of rotatable bonds is 7. The van der Waals surface area contributed by atoms with E-state index in [0.29, 0.717) is 24.7 Å². The molecule has 6 atom stereocenters. The minimum Gasteiger partial charge on any atom is -0.389 e. The van der Waals surface area contributed by atoms with Crippen LogP contribution in [0, 0.1) is 29.1 Å². The summed E-state index contributed by atoms with van der Waals surface area (Å²) >= 11 is 0. The Morgan fingerprint density at radius 3 is 2.75 bits per heavy atom. The van der Waals surface area contributed by atoms with Crippen molar-refractivity contribution in [2.24, 2.45) is 45.5 Å². The largest absolute Gasteiger partial charge is 0.389 e. The van der Waals surface area contributed by atoms with E-state index < -0.39 is 18.1 Å². The first-order valence-electron chi connectivity index (χ1n) is 13.8. The highest BCUT2D eigenvalue weighted by atomic mass is 19.1. The molecule has 7 N–H and O–H groups in total. The predicted molar refractivity (Wildman–Crippen MR) is 142 cm³/mol. The molecule has 1 amide bonds. The van der Waals surface area contributed by atoms with Crippen molar-refractivity contribution < 1.29 is 9.18 Å². The molecule has 1 saturated heterocycles. The van der Waals surface area contributed by atoms with Crippen molar-refractivity contribution in [1.82, 2.24) is 20.9 Å². The summed E-state index contributed by atoms with van der Waals surface area (Å²) in [5, 5.41) is 10.4. The monoisotopic (exact) mass is 503 g/mol. The lowest BCUT2D eigenvalue weighted by Gasteiger charge is -2.42. The second-order valence-corrected chi connectivity index (χ2v) is 11.7. The average Bonchev–Trinajstić information content (AvgIpc) is 3.52. The Hall–Kier alpha value is -1.81. The fourth-order valence-electron chi connectivity index (χ4n) is 6.76. The molecule has 8 nitrogen and oxygen atoms in total. The Balaban J connectivity index is 1.59. The van der Waals surface area contributed by atoms with Crippen LogP contribution in [0.25, 0.3) is 0 Å². The van der Waals surface area contributed by atoms with Gasteiger partial charge in [0.05, 0.1) is 30.5 Å². The van der Waals surface area contributed by atoms with E-state index in [9.17, 15) is 9.18 Å². The van der Waals surface area contributed by atoms with Crippen molar-refractivity contribution >= 4 is 12.1 Å². The number of aliphatic imine (C=N–C) groups is 1. The number of hydrogen-bond donors (Lipinski definition) is 5. The Morgan fingerprint density at radius 2 is 2.11 bits per heavy atom. The fourth-order valence-corrected chi connectivity index (χ4v) is 6.76. The SMILES string of the molecule is CCC1(C)C/C=C(/F)C=NC([C@H](C(=O)NC2=CNCC(C3CCCC3)C2C2NCCN2C)C(N)N)C1. The topological polar surface area (TPSA) is 121 Å². The first kappa shape index (κ1) is 27.2. The molecule has 4 aliphatic rings. The number of nitrogens with zero attached hydrogens (tertiary/aromatic N) is 2. The van der Waals surface area contributed by atoms with Gasteiger partial charge in [-0.25, -0.2) is 4.39 Å². The molecule has 36 heavy (non-hydrogen) atoms. The number of likely N-dealkylation sites (N-methyl/N-ethyl adjacent to an activating group) is 1. The quantitative estimate of drug-likeness (QED) is 0.340. The number of nitrogens with one attached hydrogen (secondary N) is 3. The smallest absolute Gasteiger partial charge is 0.232 e. The molecular formula is C27H46FN7O. The number of allylic oxidation sites excluding steroid dienone is 2. The molecule has 0 aromatic carbocycles. The number of nitrogens with two attached hydrogens (primary N) is 2. The highest BCUT2D eigenvalue weighted by Crippen LogP contribution is 2.41. The molecule has 3 heterocycles. The van der Waals surface area contributed by atoms with Crippen LogP contribution < -0.4 is 27.4 Å². The van der Waals surface area contributed by atoms with E-state index in [-0.39, 0.29) is 29.2 Å². The highest BCUT2D eigenvalue weighted by Gasteiger charge is 2.44. The number of amides is 1. The third kappa shape index (κ3) is 6.01. The van der Waals surface area contributed by atoms with Crippen LogP contribution in [0.2, 0.25) is 0 Å². The summed E-state index contributed by atoms with van der Waals surface area (Å²) in [6, 6.07) is -0.497. The maximum atomic E-state index is 14.3. The van der Waals surface area contributed by atoms with Gasteiger partial charge >= 0.3 is 0 Å². The van der Waals surface area contributed by atoms with Crippen LogP contribution in [-0.2, 0) is 4.79 Å². The van der Waals surface area contributed by atoms with Gasteiger partial charge in [-0.3, -0.25) is 20.0 Å². The lowest BCUT2D eigenvalue weighted by atomic mass is 9.74. The van der Waals surface area contributed by atoms with E-state index in [0.717, 1.165) is 31.8 Å². The van der Waals surface area contributed by atoms with Crippen molar-refractivity contribution in [3.05, 3.63) is 23.8 Å². The summed E-state index contributed by atoms with van der Waals surface area (Å²) in [5.41, 5.74) is 13.1. The number of carbonyl (C=O) groups excluding carboxylic acids is 1. The van der Waals surface area contributed by atoms with Crippen LogP contribution >= 0.6 is 0 Å². The molecule has 0 aromatic heterocycles.